The van der Waals surface area contributed by atoms with Crippen molar-refractivity contribution in [3.63, 3.8) is 0 Å². The van der Waals surface area contributed by atoms with Crippen molar-refractivity contribution in [2.75, 3.05) is 13.2 Å². The minimum Gasteiger partial charge on any atom is -0.488 e. The third-order valence-electron chi connectivity index (χ3n) is 6.31. The highest BCUT2D eigenvalue weighted by molar-refractivity contribution is 5.78. The van der Waals surface area contributed by atoms with E-state index < -0.39 is 5.41 Å². The van der Waals surface area contributed by atoms with Crippen molar-refractivity contribution < 1.29 is 33.3 Å². The minimum atomic E-state index is -0.590. The molecule has 0 N–H and O–H groups in total. The zero-order valence-electron chi connectivity index (χ0n) is 26.6. The van der Waals surface area contributed by atoms with E-state index in [0.29, 0.717) is 25.0 Å². The fraction of sp³-hybridized carbons (Fsp3) is 0.559. The van der Waals surface area contributed by atoms with Crippen LogP contribution in [0.3, 0.4) is 0 Å². The summed E-state index contributed by atoms with van der Waals surface area (Å²) in [5, 5.41) is 0. The Balaban J connectivity index is 1.69. The molecule has 2 aromatic carbocycles. The Morgan fingerprint density at radius 2 is 1.02 bits per heavy atom. The van der Waals surface area contributed by atoms with E-state index in [9.17, 15) is 14.4 Å². The maximum absolute atomic E-state index is 12.3. The van der Waals surface area contributed by atoms with E-state index in [2.05, 4.69) is 12.1 Å². The summed E-state index contributed by atoms with van der Waals surface area (Å²) in [6.45, 7) is 19.7. The van der Waals surface area contributed by atoms with E-state index in [-0.39, 0.29) is 49.6 Å². The molecule has 0 atom stereocenters. The van der Waals surface area contributed by atoms with Gasteiger partial charge < -0.3 is 18.9 Å². The van der Waals surface area contributed by atoms with Crippen LogP contribution in [0.25, 0.3) is 0 Å². The van der Waals surface area contributed by atoms with Crippen molar-refractivity contribution in [1.82, 2.24) is 0 Å². The normalized spacial score (nSPS) is 11.7. The topological polar surface area (TPSA) is 88.1 Å². The molecular weight excluding hydrogens is 520 g/mol. The van der Waals surface area contributed by atoms with Crippen LogP contribution in [0, 0.1) is 33.1 Å². The van der Waals surface area contributed by atoms with E-state index in [1.807, 2.05) is 81.4 Å². The Hall–Kier alpha value is -3.35. The first-order valence-electron chi connectivity index (χ1n) is 14.4. The summed E-state index contributed by atoms with van der Waals surface area (Å²) in [5.41, 5.74) is 4.98. The lowest BCUT2D eigenvalue weighted by Gasteiger charge is -2.24. The van der Waals surface area contributed by atoms with Crippen LogP contribution in [0.1, 0.15) is 94.2 Å². The van der Waals surface area contributed by atoms with Crippen LogP contribution in [0.5, 0.6) is 11.5 Å². The Morgan fingerprint density at radius 1 is 0.634 bits per heavy atom. The van der Waals surface area contributed by atoms with Gasteiger partial charge in [-0.25, -0.2) is 0 Å². The maximum atomic E-state index is 12.3. The Bertz CT molecular complexity index is 1180. The summed E-state index contributed by atoms with van der Waals surface area (Å²) in [4.78, 5) is 36.7. The first kappa shape index (κ1) is 33.9. The summed E-state index contributed by atoms with van der Waals surface area (Å²) in [5.74, 6) is 0.594. The lowest BCUT2D eigenvalue weighted by molar-refractivity contribution is -0.146. The molecule has 0 unspecified atom stereocenters. The number of aryl methyl sites for hydroxylation is 6. The van der Waals surface area contributed by atoms with Crippen LogP contribution in [-0.4, -0.2) is 36.7 Å². The summed E-state index contributed by atoms with van der Waals surface area (Å²) in [6.07, 6.45) is 2.07. The third kappa shape index (κ3) is 11.6. The summed E-state index contributed by atoms with van der Waals surface area (Å²) < 4.78 is 22.3. The third-order valence-corrected chi connectivity index (χ3v) is 6.31. The van der Waals surface area contributed by atoms with Gasteiger partial charge in [0.2, 0.25) is 0 Å². The van der Waals surface area contributed by atoms with Crippen LogP contribution in [-0.2, 0) is 36.7 Å². The van der Waals surface area contributed by atoms with Crippen molar-refractivity contribution in [2.45, 2.75) is 107 Å². The Kier molecular flexibility index (Phi) is 12.0. The molecule has 7 heteroatoms. The van der Waals surface area contributed by atoms with Gasteiger partial charge in [0.1, 0.15) is 17.1 Å². The molecule has 0 aliphatic heterocycles. The molecule has 2 rings (SSSR count). The minimum absolute atomic E-state index is 0.194. The van der Waals surface area contributed by atoms with Gasteiger partial charge in [0.15, 0.2) is 0 Å². The second-order valence-corrected chi connectivity index (χ2v) is 12.8. The molecule has 0 aromatic heterocycles. The highest BCUT2D eigenvalue weighted by Gasteiger charge is 2.25. The van der Waals surface area contributed by atoms with E-state index in [4.69, 9.17) is 18.9 Å². The number of carbonyl (C=O) groups excluding carboxylic acids is 3. The number of ether oxygens (including phenoxy) is 4. The van der Waals surface area contributed by atoms with Crippen LogP contribution < -0.4 is 9.47 Å². The predicted octanol–water partition coefficient (Wildman–Crippen LogP) is 7.09. The molecule has 7 nitrogen and oxygen atoms in total. The number of carbonyl (C=O) groups is 3. The summed E-state index contributed by atoms with van der Waals surface area (Å²) >= 11 is 0. The standard InChI is InChI=1S/C34H48O7/c1-22-18-26(19-23(2)30(22)40-32(37)33(5,6)7)12-14-28(35)38-16-11-17-39-29(36)15-13-27-20-24(3)31(25(4)21-27)41-34(8,9)10/h18-21H,11-17H2,1-10H3. The van der Waals surface area contributed by atoms with Gasteiger partial charge in [-0.05, 0) is 115 Å². The van der Waals surface area contributed by atoms with Crippen LogP contribution >= 0.6 is 0 Å². The van der Waals surface area contributed by atoms with Gasteiger partial charge in [-0.15, -0.1) is 0 Å². The average molecular weight is 569 g/mol. The molecule has 0 saturated carbocycles. The Labute approximate surface area is 245 Å². The lowest BCUT2D eigenvalue weighted by Crippen LogP contribution is -2.26. The lowest BCUT2D eigenvalue weighted by atomic mass is 9.97. The Morgan fingerprint density at radius 3 is 1.39 bits per heavy atom. The van der Waals surface area contributed by atoms with Gasteiger partial charge in [-0.3, -0.25) is 14.4 Å². The highest BCUT2D eigenvalue weighted by atomic mass is 16.5. The van der Waals surface area contributed by atoms with Gasteiger partial charge in [0.05, 0.1) is 18.6 Å². The number of rotatable bonds is 12. The van der Waals surface area contributed by atoms with Crippen molar-refractivity contribution in [2.24, 2.45) is 5.41 Å². The quantitative estimate of drug-likeness (QED) is 0.153. The van der Waals surface area contributed by atoms with Gasteiger partial charge in [0.25, 0.3) is 0 Å². The highest BCUT2D eigenvalue weighted by Crippen LogP contribution is 2.30. The van der Waals surface area contributed by atoms with E-state index in [1.165, 1.54) is 0 Å². The van der Waals surface area contributed by atoms with Gasteiger partial charge in [-0.2, -0.15) is 0 Å². The second-order valence-electron chi connectivity index (χ2n) is 12.8. The monoisotopic (exact) mass is 568 g/mol. The summed E-state index contributed by atoms with van der Waals surface area (Å²) in [7, 11) is 0. The smallest absolute Gasteiger partial charge is 0.316 e. The van der Waals surface area contributed by atoms with Crippen LogP contribution in [0.15, 0.2) is 24.3 Å². The molecule has 2 aromatic rings. The van der Waals surface area contributed by atoms with Crippen LogP contribution in [0.2, 0.25) is 0 Å². The van der Waals surface area contributed by atoms with Gasteiger partial charge >= 0.3 is 17.9 Å². The van der Waals surface area contributed by atoms with E-state index >= 15 is 0 Å². The van der Waals surface area contributed by atoms with Crippen molar-refractivity contribution in [3.05, 3.63) is 57.6 Å². The number of hydrogen-bond donors (Lipinski definition) is 0. The molecule has 0 aliphatic rings. The SMILES string of the molecule is Cc1cc(CCC(=O)OCCCOC(=O)CCc2cc(C)c(OC(C)(C)C)c(C)c2)cc(C)c1OC(=O)C(C)(C)C. The zero-order chi connectivity index (χ0) is 31.0. The zero-order valence-corrected chi connectivity index (χ0v) is 26.6. The largest absolute Gasteiger partial charge is 0.488 e. The number of benzene rings is 2. The first-order chi connectivity index (χ1) is 19.0. The van der Waals surface area contributed by atoms with Crippen molar-refractivity contribution in [1.29, 1.82) is 0 Å². The molecule has 0 fully saturated rings. The molecule has 41 heavy (non-hydrogen) atoms. The van der Waals surface area contributed by atoms with E-state index in [0.717, 1.165) is 39.1 Å². The van der Waals surface area contributed by atoms with Gasteiger partial charge in [-0.1, -0.05) is 24.3 Å². The molecule has 0 aliphatic carbocycles. The molecule has 0 spiro atoms. The number of hydrogen-bond acceptors (Lipinski definition) is 7. The molecule has 226 valence electrons. The molecule has 0 heterocycles. The predicted molar refractivity (Wildman–Crippen MR) is 160 cm³/mol. The molecule has 0 saturated heterocycles. The fourth-order valence-corrected chi connectivity index (χ4v) is 4.31. The second kappa shape index (κ2) is 14.5. The average Bonchev–Trinajstić information content (AvgIpc) is 2.84. The summed E-state index contributed by atoms with van der Waals surface area (Å²) in [6, 6.07) is 7.97. The van der Waals surface area contributed by atoms with Gasteiger partial charge in [0, 0.05) is 19.3 Å². The number of esters is 3. The van der Waals surface area contributed by atoms with Crippen LogP contribution in [0.4, 0.5) is 0 Å². The van der Waals surface area contributed by atoms with Crippen molar-refractivity contribution >= 4 is 17.9 Å². The van der Waals surface area contributed by atoms with E-state index in [1.54, 1.807) is 0 Å². The molecule has 0 bridgehead atoms. The molecule has 0 amide bonds. The molecule has 0 radical (unpaired) electrons. The molecular formula is C34H48O7. The first-order valence-corrected chi connectivity index (χ1v) is 14.4. The maximum Gasteiger partial charge on any atom is 0.316 e. The van der Waals surface area contributed by atoms with Crippen molar-refractivity contribution in [3.8, 4) is 11.5 Å². The fourth-order valence-electron chi connectivity index (χ4n) is 4.31.